The standard InChI is InChI=1S/C31H28ClFN2O6S/c1-3-41-30(36)17-21-9-13-25(14-10-21)35(20-22-7-11-23(32)12-8-22)42(38,39)27-15-16-29(33)28(19-27)31(37)34-24-5-4-6-26(18-24)40-2/h4-16,18-19H,3,17,20H2,1-2H3,(H,34,37). The van der Waals surface area contributed by atoms with Gasteiger partial charge in [-0.25, -0.2) is 12.8 Å². The Morgan fingerprint density at radius 3 is 2.29 bits per heavy atom. The monoisotopic (exact) mass is 610 g/mol. The third kappa shape index (κ3) is 7.45. The molecule has 4 aromatic rings. The Balaban J connectivity index is 1.69. The van der Waals surface area contributed by atoms with Crippen LogP contribution in [0, 0.1) is 5.82 Å². The lowest BCUT2D eigenvalue weighted by Crippen LogP contribution is -2.31. The van der Waals surface area contributed by atoms with E-state index >= 15 is 0 Å². The second-order valence-electron chi connectivity index (χ2n) is 9.11. The van der Waals surface area contributed by atoms with E-state index in [0.29, 0.717) is 33.3 Å². The average molecular weight is 611 g/mol. The van der Waals surface area contributed by atoms with E-state index in [-0.39, 0.29) is 24.5 Å². The van der Waals surface area contributed by atoms with Gasteiger partial charge in [-0.3, -0.25) is 13.9 Å². The Bertz CT molecular complexity index is 1680. The van der Waals surface area contributed by atoms with Crippen molar-refractivity contribution in [2.75, 3.05) is 23.3 Å². The number of benzene rings is 4. The number of methoxy groups -OCH3 is 1. The SMILES string of the molecule is CCOC(=O)Cc1ccc(N(Cc2ccc(Cl)cc2)S(=O)(=O)c2ccc(F)c(C(=O)Nc3cccc(OC)c3)c2)cc1. The fourth-order valence-electron chi connectivity index (χ4n) is 4.09. The molecule has 0 atom stereocenters. The number of amides is 1. The average Bonchev–Trinajstić information content (AvgIpc) is 2.97. The van der Waals surface area contributed by atoms with Gasteiger partial charge in [0.25, 0.3) is 15.9 Å². The van der Waals surface area contributed by atoms with Crippen molar-refractivity contribution in [3.05, 3.63) is 119 Å². The summed E-state index contributed by atoms with van der Waals surface area (Å²) in [6, 6.07) is 22.6. The van der Waals surface area contributed by atoms with Gasteiger partial charge >= 0.3 is 5.97 Å². The molecule has 4 aromatic carbocycles. The maximum Gasteiger partial charge on any atom is 0.310 e. The number of hydrogen-bond acceptors (Lipinski definition) is 6. The fourth-order valence-corrected chi connectivity index (χ4v) is 5.70. The van der Waals surface area contributed by atoms with Gasteiger partial charge < -0.3 is 14.8 Å². The first kappa shape index (κ1) is 30.5. The van der Waals surface area contributed by atoms with Crippen LogP contribution in [-0.4, -0.2) is 34.0 Å². The molecule has 0 saturated heterocycles. The number of carbonyl (C=O) groups is 2. The van der Waals surface area contributed by atoms with Gasteiger partial charge in [0, 0.05) is 16.8 Å². The minimum absolute atomic E-state index is 0.0295. The van der Waals surface area contributed by atoms with E-state index < -0.39 is 33.3 Å². The van der Waals surface area contributed by atoms with Gasteiger partial charge in [0.15, 0.2) is 0 Å². The number of sulfonamides is 1. The molecule has 0 aliphatic rings. The number of rotatable bonds is 11. The summed E-state index contributed by atoms with van der Waals surface area (Å²) in [4.78, 5) is 24.6. The van der Waals surface area contributed by atoms with Crippen LogP contribution in [0.2, 0.25) is 5.02 Å². The predicted molar refractivity (Wildman–Crippen MR) is 159 cm³/mol. The van der Waals surface area contributed by atoms with E-state index in [4.69, 9.17) is 21.1 Å². The lowest BCUT2D eigenvalue weighted by atomic mass is 10.1. The molecule has 1 N–H and O–H groups in total. The summed E-state index contributed by atoms with van der Waals surface area (Å²) in [6.45, 7) is 1.88. The molecule has 0 saturated carbocycles. The Kier molecular flexibility index (Phi) is 9.82. The van der Waals surface area contributed by atoms with Gasteiger partial charge in [-0.05, 0) is 72.6 Å². The lowest BCUT2D eigenvalue weighted by Gasteiger charge is -2.25. The molecule has 1 amide bonds. The Labute approximate surface area is 248 Å². The molecule has 0 aromatic heterocycles. The molecule has 0 aliphatic carbocycles. The zero-order chi connectivity index (χ0) is 30.3. The number of halogens is 2. The predicted octanol–water partition coefficient (Wildman–Crippen LogP) is 6.24. The summed E-state index contributed by atoms with van der Waals surface area (Å²) in [5, 5.41) is 3.06. The van der Waals surface area contributed by atoms with E-state index in [1.807, 2.05) is 0 Å². The van der Waals surface area contributed by atoms with E-state index in [0.717, 1.165) is 22.5 Å². The van der Waals surface area contributed by atoms with Crippen molar-refractivity contribution in [2.45, 2.75) is 24.8 Å². The van der Waals surface area contributed by atoms with Crippen LogP contribution in [0.4, 0.5) is 15.8 Å². The van der Waals surface area contributed by atoms with Crippen LogP contribution in [0.25, 0.3) is 0 Å². The van der Waals surface area contributed by atoms with E-state index in [9.17, 15) is 22.4 Å². The van der Waals surface area contributed by atoms with Crippen molar-refractivity contribution in [3.63, 3.8) is 0 Å². The first-order valence-corrected chi connectivity index (χ1v) is 14.7. The number of esters is 1. The molecule has 0 fully saturated rings. The van der Waals surface area contributed by atoms with Crippen LogP contribution < -0.4 is 14.4 Å². The number of ether oxygens (including phenoxy) is 2. The topological polar surface area (TPSA) is 102 Å². The minimum atomic E-state index is -4.32. The van der Waals surface area contributed by atoms with Crippen LogP contribution in [0.3, 0.4) is 0 Å². The Morgan fingerprint density at radius 2 is 1.62 bits per heavy atom. The molecule has 42 heavy (non-hydrogen) atoms. The Hall–Kier alpha value is -4.41. The molecule has 0 bridgehead atoms. The molecule has 218 valence electrons. The van der Waals surface area contributed by atoms with Gasteiger partial charge in [0.05, 0.1) is 42.8 Å². The molecular formula is C31H28ClFN2O6S. The maximum atomic E-state index is 14.8. The fraction of sp³-hybridized carbons (Fsp3) is 0.161. The number of nitrogens with zero attached hydrogens (tertiary/aromatic N) is 1. The molecule has 4 rings (SSSR count). The molecule has 0 heterocycles. The first-order valence-electron chi connectivity index (χ1n) is 12.9. The van der Waals surface area contributed by atoms with Crippen LogP contribution in [-0.2, 0) is 32.5 Å². The second-order valence-corrected chi connectivity index (χ2v) is 11.4. The molecule has 0 aliphatic heterocycles. The first-order chi connectivity index (χ1) is 20.1. The summed E-state index contributed by atoms with van der Waals surface area (Å²) in [5.74, 6) is -1.63. The summed E-state index contributed by atoms with van der Waals surface area (Å²) in [5.41, 5.74) is 1.47. The van der Waals surface area contributed by atoms with E-state index in [2.05, 4.69) is 5.32 Å². The lowest BCUT2D eigenvalue weighted by molar-refractivity contribution is -0.142. The summed E-state index contributed by atoms with van der Waals surface area (Å²) in [7, 11) is -2.85. The van der Waals surface area contributed by atoms with Crippen molar-refractivity contribution < 1.29 is 31.9 Å². The summed E-state index contributed by atoms with van der Waals surface area (Å²) >= 11 is 6.02. The highest BCUT2D eigenvalue weighted by molar-refractivity contribution is 7.92. The zero-order valence-electron chi connectivity index (χ0n) is 22.8. The normalized spacial score (nSPS) is 11.0. The molecular weight excluding hydrogens is 583 g/mol. The summed E-state index contributed by atoms with van der Waals surface area (Å²) < 4.78 is 54.2. The van der Waals surface area contributed by atoms with Crippen LogP contribution in [0.15, 0.2) is 95.9 Å². The van der Waals surface area contributed by atoms with Gasteiger partial charge in [-0.1, -0.05) is 41.9 Å². The van der Waals surface area contributed by atoms with Crippen LogP contribution in [0.5, 0.6) is 5.75 Å². The van der Waals surface area contributed by atoms with Crippen molar-refractivity contribution >= 4 is 44.9 Å². The minimum Gasteiger partial charge on any atom is -0.497 e. The molecule has 0 unspecified atom stereocenters. The van der Waals surface area contributed by atoms with E-state index in [1.165, 1.54) is 7.11 Å². The summed E-state index contributed by atoms with van der Waals surface area (Å²) in [6.07, 6.45) is 0.0295. The Morgan fingerprint density at radius 1 is 0.929 bits per heavy atom. The van der Waals surface area contributed by atoms with Crippen molar-refractivity contribution in [3.8, 4) is 5.75 Å². The highest BCUT2D eigenvalue weighted by Gasteiger charge is 2.27. The highest BCUT2D eigenvalue weighted by Crippen LogP contribution is 2.29. The van der Waals surface area contributed by atoms with Gasteiger partial charge in [0.1, 0.15) is 11.6 Å². The number of carbonyl (C=O) groups excluding carboxylic acids is 2. The van der Waals surface area contributed by atoms with Gasteiger partial charge in [0.2, 0.25) is 0 Å². The molecule has 0 spiro atoms. The number of hydrogen-bond donors (Lipinski definition) is 1. The molecule has 11 heteroatoms. The quantitative estimate of drug-likeness (QED) is 0.202. The van der Waals surface area contributed by atoms with Crippen LogP contribution >= 0.6 is 11.6 Å². The van der Waals surface area contributed by atoms with Crippen molar-refractivity contribution in [1.82, 2.24) is 0 Å². The second kappa shape index (κ2) is 13.5. The highest BCUT2D eigenvalue weighted by atomic mass is 35.5. The van der Waals surface area contributed by atoms with Crippen LogP contribution in [0.1, 0.15) is 28.4 Å². The van der Waals surface area contributed by atoms with Gasteiger partial charge in [-0.15, -0.1) is 0 Å². The van der Waals surface area contributed by atoms with Crippen molar-refractivity contribution in [2.24, 2.45) is 0 Å². The smallest absolute Gasteiger partial charge is 0.310 e. The van der Waals surface area contributed by atoms with E-state index in [1.54, 1.807) is 79.7 Å². The van der Waals surface area contributed by atoms with Gasteiger partial charge in [-0.2, -0.15) is 0 Å². The number of anilines is 2. The largest absolute Gasteiger partial charge is 0.497 e. The maximum absolute atomic E-state index is 14.8. The van der Waals surface area contributed by atoms with Crippen molar-refractivity contribution in [1.29, 1.82) is 0 Å². The zero-order valence-corrected chi connectivity index (χ0v) is 24.4. The third-order valence-corrected chi connectivity index (χ3v) is 8.24. The molecule has 8 nitrogen and oxygen atoms in total. The molecule has 0 radical (unpaired) electrons. The number of nitrogens with one attached hydrogen (secondary N) is 1. The third-order valence-electron chi connectivity index (χ3n) is 6.22.